The number of ether oxygens (including phenoxy) is 1. The molecule has 1 aliphatic carbocycles. The molecule has 4 heteroatoms. The minimum Gasteiger partial charge on any atom is -0.481 e. The van der Waals surface area contributed by atoms with E-state index in [1.54, 1.807) is 6.92 Å². The van der Waals surface area contributed by atoms with E-state index < -0.39 is 6.10 Å². The molecular formula is C16H24N2O2. The molecular weight excluding hydrogens is 252 g/mol. The van der Waals surface area contributed by atoms with Crippen molar-refractivity contribution in [3.8, 4) is 5.75 Å². The zero-order chi connectivity index (χ0) is 14.9. The molecule has 1 amide bonds. The molecule has 1 atom stereocenters. The van der Waals surface area contributed by atoms with Crippen LogP contribution in [0, 0.1) is 6.92 Å². The highest BCUT2D eigenvalue weighted by Crippen LogP contribution is 2.31. The standard InChI is InChI=1S/C16H24N2O2/c1-9(2)13-8-14(17)10(3)7-15(13)20-11(4)16(19)18-12-5-6-12/h7-9,11-12H,5-6,17H2,1-4H3,(H,18,19). The second-order valence-corrected chi connectivity index (χ2v) is 5.94. The first-order valence-corrected chi connectivity index (χ1v) is 7.25. The zero-order valence-corrected chi connectivity index (χ0v) is 12.7. The van der Waals surface area contributed by atoms with Gasteiger partial charge in [0.25, 0.3) is 5.91 Å². The smallest absolute Gasteiger partial charge is 0.260 e. The number of anilines is 1. The molecule has 0 bridgehead atoms. The van der Waals surface area contributed by atoms with Gasteiger partial charge in [-0.2, -0.15) is 0 Å². The van der Waals surface area contributed by atoms with Gasteiger partial charge in [-0.05, 0) is 55.9 Å². The van der Waals surface area contributed by atoms with Crippen LogP contribution < -0.4 is 15.8 Å². The molecule has 1 saturated carbocycles. The van der Waals surface area contributed by atoms with Crippen molar-refractivity contribution in [3.63, 3.8) is 0 Å². The molecule has 0 heterocycles. The largest absolute Gasteiger partial charge is 0.481 e. The number of hydrogen-bond donors (Lipinski definition) is 2. The highest BCUT2D eigenvalue weighted by Gasteiger charge is 2.26. The van der Waals surface area contributed by atoms with E-state index >= 15 is 0 Å². The number of nitrogens with one attached hydrogen (secondary N) is 1. The van der Waals surface area contributed by atoms with Crippen molar-refractivity contribution in [2.24, 2.45) is 0 Å². The van der Waals surface area contributed by atoms with E-state index in [9.17, 15) is 4.79 Å². The lowest BCUT2D eigenvalue weighted by Crippen LogP contribution is -2.37. The highest BCUT2D eigenvalue weighted by molar-refractivity contribution is 5.81. The first-order chi connectivity index (χ1) is 9.38. The van der Waals surface area contributed by atoms with Crippen LogP contribution in [0.3, 0.4) is 0 Å². The molecule has 0 radical (unpaired) electrons. The van der Waals surface area contributed by atoms with Gasteiger partial charge >= 0.3 is 0 Å². The van der Waals surface area contributed by atoms with Gasteiger partial charge < -0.3 is 15.8 Å². The van der Waals surface area contributed by atoms with E-state index in [2.05, 4.69) is 19.2 Å². The zero-order valence-electron chi connectivity index (χ0n) is 12.7. The molecule has 1 unspecified atom stereocenters. The molecule has 0 spiro atoms. The number of benzene rings is 1. The number of aryl methyl sites for hydroxylation is 1. The topological polar surface area (TPSA) is 64.3 Å². The van der Waals surface area contributed by atoms with E-state index in [0.717, 1.165) is 35.4 Å². The van der Waals surface area contributed by atoms with Crippen LogP contribution in [0.15, 0.2) is 12.1 Å². The Kier molecular flexibility index (Phi) is 4.21. The van der Waals surface area contributed by atoms with Crippen LogP contribution in [0.2, 0.25) is 0 Å². The Morgan fingerprint density at radius 1 is 1.35 bits per heavy atom. The number of carbonyl (C=O) groups excluding carboxylic acids is 1. The average molecular weight is 276 g/mol. The van der Waals surface area contributed by atoms with Crippen LogP contribution in [0.5, 0.6) is 5.75 Å². The minimum absolute atomic E-state index is 0.0447. The van der Waals surface area contributed by atoms with Gasteiger partial charge in [-0.15, -0.1) is 0 Å². The van der Waals surface area contributed by atoms with Crippen molar-refractivity contribution in [1.82, 2.24) is 5.32 Å². The Bertz CT molecular complexity index is 507. The molecule has 4 nitrogen and oxygen atoms in total. The second kappa shape index (κ2) is 5.73. The van der Waals surface area contributed by atoms with Crippen LogP contribution >= 0.6 is 0 Å². The maximum absolute atomic E-state index is 12.0. The van der Waals surface area contributed by atoms with Gasteiger partial charge in [-0.1, -0.05) is 13.8 Å². The van der Waals surface area contributed by atoms with Crippen molar-refractivity contribution in [2.45, 2.75) is 58.6 Å². The van der Waals surface area contributed by atoms with E-state index in [0.29, 0.717) is 12.0 Å². The highest BCUT2D eigenvalue weighted by atomic mass is 16.5. The van der Waals surface area contributed by atoms with Crippen LogP contribution in [0.4, 0.5) is 5.69 Å². The molecule has 0 saturated heterocycles. The summed E-state index contributed by atoms with van der Waals surface area (Å²) in [7, 11) is 0. The lowest BCUT2D eigenvalue weighted by molar-refractivity contribution is -0.127. The number of hydrogen-bond acceptors (Lipinski definition) is 3. The van der Waals surface area contributed by atoms with E-state index in [1.807, 2.05) is 19.1 Å². The third kappa shape index (κ3) is 3.44. The fourth-order valence-electron chi connectivity index (χ4n) is 2.06. The monoisotopic (exact) mass is 276 g/mol. The lowest BCUT2D eigenvalue weighted by Gasteiger charge is -2.20. The van der Waals surface area contributed by atoms with Gasteiger partial charge in [-0.25, -0.2) is 0 Å². The number of amides is 1. The normalized spacial score (nSPS) is 16.1. The summed E-state index contributed by atoms with van der Waals surface area (Å²) >= 11 is 0. The van der Waals surface area contributed by atoms with Gasteiger partial charge in [0.1, 0.15) is 5.75 Å². The number of nitrogens with two attached hydrogens (primary N) is 1. The molecule has 2 rings (SSSR count). The van der Waals surface area contributed by atoms with Gasteiger partial charge in [-0.3, -0.25) is 4.79 Å². The Morgan fingerprint density at radius 2 is 2.00 bits per heavy atom. The Morgan fingerprint density at radius 3 is 2.55 bits per heavy atom. The summed E-state index contributed by atoms with van der Waals surface area (Å²) in [5.41, 5.74) is 8.73. The maximum Gasteiger partial charge on any atom is 0.260 e. The molecule has 20 heavy (non-hydrogen) atoms. The molecule has 1 aliphatic rings. The Labute approximate surface area is 120 Å². The third-order valence-electron chi connectivity index (χ3n) is 3.62. The fourth-order valence-corrected chi connectivity index (χ4v) is 2.06. The third-order valence-corrected chi connectivity index (χ3v) is 3.62. The first-order valence-electron chi connectivity index (χ1n) is 7.25. The van der Waals surface area contributed by atoms with E-state index in [-0.39, 0.29) is 5.91 Å². The van der Waals surface area contributed by atoms with Crippen molar-refractivity contribution < 1.29 is 9.53 Å². The van der Waals surface area contributed by atoms with Crippen molar-refractivity contribution in [2.75, 3.05) is 5.73 Å². The summed E-state index contributed by atoms with van der Waals surface area (Å²) in [6, 6.07) is 4.22. The Balaban J connectivity index is 2.14. The SMILES string of the molecule is Cc1cc(OC(C)C(=O)NC2CC2)c(C(C)C)cc1N. The van der Waals surface area contributed by atoms with Gasteiger partial charge in [0.05, 0.1) is 0 Å². The number of rotatable bonds is 5. The summed E-state index contributed by atoms with van der Waals surface area (Å²) in [5, 5.41) is 2.96. The van der Waals surface area contributed by atoms with Crippen molar-refractivity contribution in [3.05, 3.63) is 23.3 Å². The molecule has 3 N–H and O–H groups in total. The number of nitrogen functional groups attached to an aromatic ring is 1. The maximum atomic E-state index is 12.0. The predicted molar refractivity (Wildman–Crippen MR) is 80.9 cm³/mol. The van der Waals surface area contributed by atoms with E-state index in [4.69, 9.17) is 10.5 Å². The van der Waals surface area contributed by atoms with Crippen LogP contribution in [-0.4, -0.2) is 18.1 Å². The summed E-state index contributed by atoms with van der Waals surface area (Å²) in [4.78, 5) is 12.0. The average Bonchev–Trinajstić information content (AvgIpc) is 3.16. The van der Waals surface area contributed by atoms with Gasteiger partial charge in [0, 0.05) is 11.7 Å². The Hall–Kier alpha value is -1.71. The van der Waals surface area contributed by atoms with Crippen LogP contribution in [0.1, 0.15) is 50.7 Å². The molecule has 0 aromatic heterocycles. The fraction of sp³-hybridized carbons (Fsp3) is 0.562. The molecule has 1 fully saturated rings. The molecule has 1 aromatic rings. The summed E-state index contributed by atoms with van der Waals surface area (Å²) < 4.78 is 5.87. The second-order valence-electron chi connectivity index (χ2n) is 5.94. The van der Waals surface area contributed by atoms with Crippen LogP contribution in [-0.2, 0) is 4.79 Å². The van der Waals surface area contributed by atoms with Gasteiger partial charge in [0.15, 0.2) is 6.10 Å². The van der Waals surface area contributed by atoms with Gasteiger partial charge in [0.2, 0.25) is 0 Å². The first kappa shape index (κ1) is 14.7. The minimum atomic E-state index is -0.490. The number of carbonyl (C=O) groups is 1. The summed E-state index contributed by atoms with van der Waals surface area (Å²) in [6.45, 7) is 7.91. The molecule has 0 aliphatic heterocycles. The van der Waals surface area contributed by atoms with Crippen LogP contribution in [0.25, 0.3) is 0 Å². The summed E-state index contributed by atoms with van der Waals surface area (Å²) in [5.74, 6) is 1.01. The molecule has 1 aromatic carbocycles. The quantitative estimate of drug-likeness (QED) is 0.813. The summed E-state index contributed by atoms with van der Waals surface area (Å²) in [6.07, 6.45) is 1.67. The molecule has 110 valence electrons. The predicted octanol–water partition coefficient (Wildman–Crippen LogP) is 2.75. The van der Waals surface area contributed by atoms with E-state index in [1.165, 1.54) is 0 Å². The van der Waals surface area contributed by atoms with Crippen molar-refractivity contribution in [1.29, 1.82) is 0 Å². The lowest BCUT2D eigenvalue weighted by atomic mass is 9.99. The van der Waals surface area contributed by atoms with Crippen molar-refractivity contribution >= 4 is 11.6 Å².